The highest BCUT2D eigenvalue weighted by Gasteiger charge is 2.45. The Kier molecular flexibility index (Phi) is 4.46. The molecule has 1 saturated heterocycles. The molecule has 6 nitrogen and oxygen atoms in total. The van der Waals surface area contributed by atoms with Crippen molar-refractivity contribution in [2.75, 3.05) is 11.9 Å². The van der Waals surface area contributed by atoms with Gasteiger partial charge in [-0.25, -0.2) is 0 Å². The van der Waals surface area contributed by atoms with E-state index in [9.17, 15) is 9.59 Å². The number of fused-ring (bicyclic) bond motifs is 4. The molecular formula is C16H18ClNO5. The van der Waals surface area contributed by atoms with E-state index in [1.54, 1.807) is 6.07 Å². The fourth-order valence-corrected chi connectivity index (χ4v) is 3.30. The summed E-state index contributed by atoms with van der Waals surface area (Å²) in [5.74, 6) is -0.795. The highest BCUT2D eigenvalue weighted by atomic mass is 35.5. The number of carbonyl (C=O) groups excluding carboxylic acids is 2. The molecule has 2 heterocycles. The first-order chi connectivity index (χ1) is 10.9. The number of hydrogen-bond acceptors (Lipinski definition) is 6. The number of hydrogen-bond donors (Lipinski definition) is 1. The molecule has 0 aliphatic carbocycles. The SMILES string of the molecule is CC(=O)OC[C@H]1O[C@@H]2C[C@@H](Nc3ccc(Cl)cc32)[C@@H]1OC(C)=O. The zero-order valence-electron chi connectivity index (χ0n) is 12.9. The molecule has 0 amide bonds. The van der Waals surface area contributed by atoms with Gasteiger partial charge in [0, 0.05) is 36.5 Å². The van der Waals surface area contributed by atoms with E-state index in [1.807, 2.05) is 12.1 Å². The molecule has 0 saturated carbocycles. The van der Waals surface area contributed by atoms with Gasteiger partial charge in [0.15, 0.2) is 6.10 Å². The molecule has 0 unspecified atom stereocenters. The second-order valence-electron chi connectivity index (χ2n) is 5.76. The van der Waals surface area contributed by atoms with Gasteiger partial charge in [-0.2, -0.15) is 0 Å². The lowest BCUT2D eigenvalue weighted by molar-refractivity contribution is -0.185. The minimum absolute atomic E-state index is 0.0395. The summed E-state index contributed by atoms with van der Waals surface area (Å²) in [5.41, 5.74) is 1.88. The Bertz CT molecular complexity index is 635. The topological polar surface area (TPSA) is 73.9 Å². The molecule has 0 spiro atoms. The number of nitrogens with one attached hydrogen (secondary N) is 1. The van der Waals surface area contributed by atoms with Crippen LogP contribution in [0.2, 0.25) is 5.02 Å². The largest absolute Gasteiger partial charge is 0.463 e. The predicted octanol–water partition coefficient (Wildman–Crippen LogP) is 2.46. The number of halogens is 1. The molecule has 1 aromatic carbocycles. The van der Waals surface area contributed by atoms with Gasteiger partial charge in [0.1, 0.15) is 12.7 Å². The third-order valence-corrected chi connectivity index (χ3v) is 4.26. The molecule has 1 N–H and O–H groups in total. The van der Waals surface area contributed by atoms with Gasteiger partial charge < -0.3 is 19.5 Å². The molecule has 3 rings (SSSR count). The summed E-state index contributed by atoms with van der Waals surface area (Å²) in [4.78, 5) is 22.5. The summed E-state index contributed by atoms with van der Waals surface area (Å²) in [6, 6.07) is 5.44. The van der Waals surface area contributed by atoms with Gasteiger partial charge in [0.05, 0.1) is 12.1 Å². The summed E-state index contributed by atoms with van der Waals surface area (Å²) in [5, 5.41) is 4.00. The van der Waals surface area contributed by atoms with Crippen LogP contribution in [-0.2, 0) is 23.8 Å². The van der Waals surface area contributed by atoms with Crippen LogP contribution in [0.4, 0.5) is 5.69 Å². The lowest BCUT2D eigenvalue weighted by Gasteiger charge is -2.45. The van der Waals surface area contributed by atoms with Crippen LogP contribution >= 0.6 is 11.6 Å². The van der Waals surface area contributed by atoms with Crippen molar-refractivity contribution in [1.82, 2.24) is 0 Å². The molecule has 1 fully saturated rings. The van der Waals surface area contributed by atoms with Crippen LogP contribution in [0, 0.1) is 0 Å². The van der Waals surface area contributed by atoms with Crippen LogP contribution in [0.3, 0.4) is 0 Å². The van der Waals surface area contributed by atoms with E-state index in [0.29, 0.717) is 11.4 Å². The van der Waals surface area contributed by atoms with Crippen molar-refractivity contribution >= 4 is 29.2 Å². The normalized spacial score (nSPS) is 28.3. The van der Waals surface area contributed by atoms with E-state index in [2.05, 4.69) is 5.32 Å². The van der Waals surface area contributed by atoms with Gasteiger partial charge in [0.25, 0.3) is 0 Å². The summed E-state index contributed by atoms with van der Waals surface area (Å²) in [6.45, 7) is 2.72. The quantitative estimate of drug-likeness (QED) is 0.853. The van der Waals surface area contributed by atoms with E-state index < -0.39 is 24.1 Å². The third kappa shape index (κ3) is 3.43. The maximum Gasteiger partial charge on any atom is 0.303 e. The van der Waals surface area contributed by atoms with Crippen LogP contribution in [0.15, 0.2) is 18.2 Å². The van der Waals surface area contributed by atoms with Gasteiger partial charge in [-0.15, -0.1) is 0 Å². The van der Waals surface area contributed by atoms with Crippen molar-refractivity contribution in [3.05, 3.63) is 28.8 Å². The van der Waals surface area contributed by atoms with Crippen LogP contribution in [0.1, 0.15) is 31.9 Å². The number of anilines is 1. The van der Waals surface area contributed by atoms with Gasteiger partial charge in [-0.3, -0.25) is 9.59 Å². The zero-order valence-corrected chi connectivity index (χ0v) is 13.6. The van der Waals surface area contributed by atoms with Crippen LogP contribution in [0.5, 0.6) is 0 Å². The van der Waals surface area contributed by atoms with Gasteiger partial charge >= 0.3 is 11.9 Å². The van der Waals surface area contributed by atoms with Crippen molar-refractivity contribution in [3.63, 3.8) is 0 Å². The average molecular weight is 340 g/mol. The number of esters is 2. The Labute approximate surface area is 139 Å². The smallest absolute Gasteiger partial charge is 0.303 e. The van der Waals surface area contributed by atoms with Crippen molar-refractivity contribution in [1.29, 1.82) is 0 Å². The van der Waals surface area contributed by atoms with Crippen molar-refractivity contribution in [2.24, 2.45) is 0 Å². The first-order valence-corrected chi connectivity index (χ1v) is 7.84. The highest BCUT2D eigenvalue weighted by molar-refractivity contribution is 6.30. The maximum absolute atomic E-state index is 11.4. The molecule has 124 valence electrons. The van der Waals surface area contributed by atoms with Crippen molar-refractivity contribution < 1.29 is 23.8 Å². The summed E-state index contributed by atoms with van der Waals surface area (Å²) in [7, 11) is 0. The van der Waals surface area contributed by atoms with Crippen molar-refractivity contribution in [3.8, 4) is 0 Å². The average Bonchev–Trinajstić information content (AvgIpc) is 2.48. The van der Waals surface area contributed by atoms with Crippen LogP contribution < -0.4 is 5.32 Å². The molecule has 1 aromatic rings. The lowest BCUT2D eigenvalue weighted by atomic mass is 9.87. The molecule has 2 aliphatic heterocycles. The Hall–Kier alpha value is -1.79. The van der Waals surface area contributed by atoms with E-state index in [0.717, 1.165) is 11.3 Å². The third-order valence-electron chi connectivity index (χ3n) is 4.02. The summed E-state index contributed by atoms with van der Waals surface area (Å²) in [6.07, 6.45) is -0.567. The predicted molar refractivity (Wildman–Crippen MR) is 83.3 cm³/mol. The molecule has 0 radical (unpaired) electrons. The van der Waals surface area contributed by atoms with E-state index >= 15 is 0 Å². The van der Waals surface area contributed by atoms with Gasteiger partial charge in [-0.05, 0) is 18.2 Å². The van der Waals surface area contributed by atoms with E-state index in [-0.39, 0.29) is 18.8 Å². The number of rotatable bonds is 3. The molecule has 7 heteroatoms. The first-order valence-electron chi connectivity index (χ1n) is 7.46. The Morgan fingerprint density at radius 3 is 2.83 bits per heavy atom. The molecule has 2 bridgehead atoms. The molecule has 23 heavy (non-hydrogen) atoms. The minimum atomic E-state index is -0.522. The van der Waals surface area contributed by atoms with E-state index in [4.69, 9.17) is 25.8 Å². The minimum Gasteiger partial charge on any atom is -0.463 e. The maximum atomic E-state index is 11.4. The van der Waals surface area contributed by atoms with Gasteiger partial charge in [0.2, 0.25) is 0 Å². The molecule has 4 atom stereocenters. The number of ether oxygens (including phenoxy) is 3. The fourth-order valence-electron chi connectivity index (χ4n) is 3.12. The number of carbonyl (C=O) groups is 2. The second kappa shape index (κ2) is 6.37. The van der Waals surface area contributed by atoms with Crippen molar-refractivity contribution in [2.45, 2.75) is 44.6 Å². The zero-order chi connectivity index (χ0) is 16.6. The first kappa shape index (κ1) is 16.1. The summed E-state index contributed by atoms with van der Waals surface area (Å²) >= 11 is 6.07. The molecule has 2 aliphatic rings. The fraction of sp³-hybridized carbons (Fsp3) is 0.500. The Morgan fingerprint density at radius 2 is 2.13 bits per heavy atom. The van der Waals surface area contributed by atoms with Crippen LogP contribution in [0.25, 0.3) is 0 Å². The Balaban J connectivity index is 1.87. The lowest BCUT2D eigenvalue weighted by Crippen LogP contribution is -2.54. The molecule has 0 aromatic heterocycles. The van der Waals surface area contributed by atoms with Gasteiger partial charge in [-0.1, -0.05) is 11.6 Å². The standard InChI is InChI=1S/C16H18ClNO5/c1-8(19)21-7-15-16(22-9(2)20)13-6-14(23-15)11-5-10(17)3-4-12(11)18-13/h3-5,13-16,18H,6-7H2,1-2H3/t13-,14-,15-,16+/m1/s1. The monoisotopic (exact) mass is 339 g/mol. The second-order valence-corrected chi connectivity index (χ2v) is 6.19. The highest BCUT2D eigenvalue weighted by Crippen LogP contribution is 2.43. The molecular weight excluding hydrogens is 322 g/mol. The number of benzene rings is 1. The summed E-state index contributed by atoms with van der Waals surface area (Å²) < 4.78 is 16.5. The Morgan fingerprint density at radius 1 is 1.35 bits per heavy atom. The van der Waals surface area contributed by atoms with E-state index in [1.165, 1.54) is 13.8 Å². The van der Waals surface area contributed by atoms with Crippen LogP contribution in [-0.4, -0.2) is 36.8 Å².